The number of hydrogen-bond donors (Lipinski definition) is 1. The van der Waals surface area contributed by atoms with Crippen LogP contribution in [0.15, 0.2) is 47.5 Å². The molecule has 28 heavy (non-hydrogen) atoms. The van der Waals surface area contributed by atoms with Crippen molar-refractivity contribution >= 4 is 28.7 Å². The number of rotatable bonds is 5. The van der Waals surface area contributed by atoms with Crippen LogP contribution in [0.25, 0.3) is 22.4 Å². The first kappa shape index (κ1) is 18.2. The monoisotopic (exact) mass is 398 g/mol. The minimum absolute atomic E-state index is 0.0451. The van der Waals surface area contributed by atoms with Crippen LogP contribution in [0.1, 0.15) is 20.3 Å². The molecule has 4 rings (SSSR count). The minimum atomic E-state index is -0.369. The molecule has 3 aromatic heterocycles. The number of carbonyl (C=O) groups excluding carboxylic acids is 1. The fourth-order valence-electron chi connectivity index (χ4n) is 2.96. The molecule has 1 aromatic carbocycles. The second-order valence-corrected chi connectivity index (χ2v) is 7.11. The van der Waals surface area contributed by atoms with E-state index in [1.54, 1.807) is 29.0 Å². The molecule has 1 amide bonds. The van der Waals surface area contributed by atoms with E-state index in [4.69, 9.17) is 11.6 Å². The van der Waals surface area contributed by atoms with Crippen molar-refractivity contribution in [3.63, 3.8) is 0 Å². The van der Waals surface area contributed by atoms with Crippen LogP contribution in [0.2, 0.25) is 5.02 Å². The summed E-state index contributed by atoms with van der Waals surface area (Å²) in [4.78, 5) is 24.8. The van der Waals surface area contributed by atoms with E-state index in [0.29, 0.717) is 16.2 Å². The van der Waals surface area contributed by atoms with E-state index < -0.39 is 0 Å². The minimum Gasteiger partial charge on any atom is -0.352 e. The van der Waals surface area contributed by atoms with Crippen LogP contribution in [0.4, 0.5) is 0 Å². The van der Waals surface area contributed by atoms with Crippen molar-refractivity contribution in [1.29, 1.82) is 0 Å². The van der Waals surface area contributed by atoms with Crippen LogP contribution >= 0.6 is 11.6 Å². The van der Waals surface area contributed by atoms with Crippen LogP contribution in [0, 0.1) is 0 Å². The highest BCUT2D eigenvalue weighted by Crippen LogP contribution is 2.22. The highest BCUT2D eigenvalue weighted by Gasteiger charge is 2.15. The van der Waals surface area contributed by atoms with Gasteiger partial charge < -0.3 is 5.32 Å². The fraction of sp³-hybridized carbons (Fsp3) is 0.263. The maximum absolute atomic E-state index is 12.6. The molecule has 8 nitrogen and oxygen atoms in total. The van der Waals surface area contributed by atoms with Gasteiger partial charge in [-0.3, -0.25) is 4.79 Å². The Labute approximate surface area is 165 Å². The molecule has 3 heterocycles. The lowest BCUT2D eigenvalue weighted by Crippen LogP contribution is -2.37. The van der Waals surface area contributed by atoms with Crippen LogP contribution in [-0.2, 0) is 11.3 Å². The van der Waals surface area contributed by atoms with Gasteiger partial charge in [0.05, 0.1) is 5.69 Å². The Kier molecular flexibility index (Phi) is 4.64. The second kappa shape index (κ2) is 7.12. The van der Waals surface area contributed by atoms with Crippen molar-refractivity contribution in [3.8, 4) is 11.3 Å². The molecule has 0 aliphatic rings. The van der Waals surface area contributed by atoms with Gasteiger partial charge in [0.25, 0.3) is 0 Å². The molecule has 0 saturated carbocycles. The number of fused-ring (bicyclic) bond motifs is 3. The predicted molar refractivity (Wildman–Crippen MR) is 107 cm³/mol. The number of benzene rings is 1. The zero-order valence-electron chi connectivity index (χ0n) is 15.5. The van der Waals surface area contributed by atoms with Crippen molar-refractivity contribution in [2.24, 2.45) is 0 Å². The largest absolute Gasteiger partial charge is 0.352 e. The van der Waals surface area contributed by atoms with Gasteiger partial charge in [-0.1, -0.05) is 30.7 Å². The summed E-state index contributed by atoms with van der Waals surface area (Å²) >= 11 is 5.95. The van der Waals surface area contributed by atoms with Crippen molar-refractivity contribution < 1.29 is 4.79 Å². The Morgan fingerprint density at radius 3 is 2.68 bits per heavy atom. The van der Waals surface area contributed by atoms with Crippen LogP contribution in [0.3, 0.4) is 0 Å². The van der Waals surface area contributed by atoms with E-state index in [1.165, 1.54) is 9.08 Å². The molecule has 0 bridgehead atoms. The molecule has 0 aliphatic heterocycles. The Bertz CT molecular complexity index is 1220. The van der Waals surface area contributed by atoms with Gasteiger partial charge in [0.15, 0.2) is 5.65 Å². The van der Waals surface area contributed by atoms with E-state index in [1.807, 2.05) is 32.0 Å². The van der Waals surface area contributed by atoms with Gasteiger partial charge in [0.2, 0.25) is 5.91 Å². The third kappa shape index (κ3) is 3.27. The van der Waals surface area contributed by atoms with E-state index in [9.17, 15) is 9.59 Å². The first-order chi connectivity index (χ1) is 13.5. The van der Waals surface area contributed by atoms with Gasteiger partial charge in [-0.05, 0) is 31.5 Å². The molecule has 0 saturated heterocycles. The molecule has 4 aromatic rings. The number of halogens is 1. The van der Waals surface area contributed by atoms with Crippen molar-refractivity contribution in [3.05, 3.63) is 58.2 Å². The van der Waals surface area contributed by atoms with Crippen LogP contribution in [-0.4, -0.2) is 35.7 Å². The summed E-state index contributed by atoms with van der Waals surface area (Å²) in [5.41, 5.74) is 2.38. The number of amides is 1. The van der Waals surface area contributed by atoms with Gasteiger partial charge in [0, 0.05) is 29.0 Å². The lowest BCUT2D eigenvalue weighted by Gasteiger charge is -2.10. The van der Waals surface area contributed by atoms with Gasteiger partial charge in [-0.2, -0.15) is 5.10 Å². The summed E-state index contributed by atoms with van der Waals surface area (Å²) in [6.45, 7) is 3.77. The Morgan fingerprint density at radius 1 is 1.21 bits per heavy atom. The first-order valence-electron chi connectivity index (χ1n) is 8.99. The van der Waals surface area contributed by atoms with Gasteiger partial charge >= 0.3 is 5.69 Å². The normalized spacial score (nSPS) is 12.5. The molecule has 1 atom stereocenters. The summed E-state index contributed by atoms with van der Waals surface area (Å²) < 4.78 is 4.25. The average Bonchev–Trinajstić information content (AvgIpc) is 3.24. The zero-order chi connectivity index (χ0) is 19.8. The summed E-state index contributed by atoms with van der Waals surface area (Å²) in [5.74, 6) is -0.244. The maximum atomic E-state index is 12.6. The Balaban J connectivity index is 1.74. The van der Waals surface area contributed by atoms with E-state index in [-0.39, 0.29) is 24.2 Å². The summed E-state index contributed by atoms with van der Waals surface area (Å²) in [5, 5.41) is 12.4. The van der Waals surface area contributed by atoms with Crippen molar-refractivity contribution in [2.75, 3.05) is 0 Å². The second-order valence-electron chi connectivity index (χ2n) is 6.68. The van der Waals surface area contributed by atoms with Crippen LogP contribution < -0.4 is 11.0 Å². The quantitative estimate of drug-likeness (QED) is 0.559. The molecule has 0 spiro atoms. The number of hydrogen-bond acceptors (Lipinski definition) is 4. The van der Waals surface area contributed by atoms with Crippen molar-refractivity contribution in [1.82, 2.24) is 29.1 Å². The average molecular weight is 399 g/mol. The molecule has 0 aliphatic carbocycles. The van der Waals surface area contributed by atoms with E-state index in [2.05, 4.69) is 15.5 Å². The van der Waals surface area contributed by atoms with E-state index >= 15 is 0 Å². The van der Waals surface area contributed by atoms with Gasteiger partial charge in [-0.25, -0.2) is 18.4 Å². The van der Waals surface area contributed by atoms with Crippen LogP contribution in [0.5, 0.6) is 0 Å². The molecular weight excluding hydrogens is 380 g/mol. The summed E-state index contributed by atoms with van der Waals surface area (Å²) in [6.07, 6.45) is 4.10. The summed E-state index contributed by atoms with van der Waals surface area (Å²) in [6, 6.07) is 9.26. The molecule has 1 N–H and O–H groups in total. The molecule has 144 valence electrons. The first-order valence-corrected chi connectivity index (χ1v) is 9.37. The Morgan fingerprint density at radius 2 is 1.96 bits per heavy atom. The van der Waals surface area contributed by atoms with Crippen molar-refractivity contribution in [2.45, 2.75) is 32.9 Å². The molecule has 0 fully saturated rings. The fourth-order valence-corrected chi connectivity index (χ4v) is 3.08. The lowest BCUT2D eigenvalue weighted by atomic mass is 10.1. The van der Waals surface area contributed by atoms with E-state index in [0.717, 1.165) is 17.7 Å². The molecule has 0 radical (unpaired) electrons. The van der Waals surface area contributed by atoms with Gasteiger partial charge in [0.1, 0.15) is 12.1 Å². The zero-order valence-corrected chi connectivity index (χ0v) is 16.2. The summed E-state index contributed by atoms with van der Waals surface area (Å²) in [7, 11) is 0. The highest BCUT2D eigenvalue weighted by atomic mass is 35.5. The number of nitrogens with zero attached hydrogens (tertiary/aromatic N) is 5. The smallest absolute Gasteiger partial charge is 0.350 e. The predicted octanol–water partition coefficient (Wildman–Crippen LogP) is 2.38. The lowest BCUT2D eigenvalue weighted by molar-refractivity contribution is -0.122. The topological polar surface area (TPSA) is 85.7 Å². The third-order valence-corrected chi connectivity index (χ3v) is 4.90. The standard InChI is InChI=1S/C19H19ClN6O2/c1-3-12(2)21-17(27)11-26-19(28)24-8-9-25-16(18(24)23-26)10-15(22-25)13-4-6-14(20)7-5-13/h4-10,12H,3,11H2,1-2H3,(H,21,27)/t12-/m1/s1. The number of carbonyl (C=O) groups is 1. The maximum Gasteiger partial charge on any atom is 0.350 e. The molecule has 0 unspecified atom stereocenters. The SMILES string of the molecule is CC[C@@H](C)NC(=O)Cn1nc2c3cc(-c4ccc(Cl)cc4)nn3ccn2c1=O. The molecule has 9 heteroatoms. The Hall–Kier alpha value is -3.13. The molecular formula is C19H19ClN6O2. The van der Waals surface area contributed by atoms with Gasteiger partial charge in [-0.15, -0.1) is 5.10 Å². The third-order valence-electron chi connectivity index (χ3n) is 4.65. The highest BCUT2D eigenvalue weighted by molar-refractivity contribution is 6.30. The number of aromatic nitrogens is 5. The number of nitrogens with one attached hydrogen (secondary N) is 1.